The molecule has 0 fully saturated rings. The number of rotatable bonds is 9. The molecule has 2 N–H and O–H groups in total. The predicted molar refractivity (Wildman–Crippen MR) is 81.8 cm³/mol. The predicted octanol–water partition coefficient (Wildman–Crippen LogP) is 6.02. The van der Waals surface area contributed by atoms with Crippen molar-refractivity contribution in [2.24, 2.45) is 5.41 Å². The van der Waals surface area contributed by atoms with Crippen LogP contribution in [0.5, 0.6) is 0 Å². The first-order valence-electron chi connectivity index (χ1n) is 8.27. The average molecular weight is 518 g/mol. The number of carboxylic acids is 2. The summed E-state index contributed by atoms with van der Waals surface area (Å²) in [5, 5.41) is 18.0. The van der Waals surface area contributed by atoms with Crippen LogP contribution in [0.3, 0.4) is 0 Å². The molecule has 0 unspecified atom stereocenters. The van der Waals surface area contributed by atoms with Crippen molar-refractivity contribution in [3.05, 3.63) is 11.1 Å². The van der Waals surface area contributed by atoms with Crippen LogP contribution in [0.2, 0.25) is 0 Å². The molecule has 0 rings (SSSR count). The van der Waals surface area contributed by atoms with Crippen LogP contribution >= 0.6 is 0 Å². The standard InChI is InChI=1S/C16H15F13O4/c1-10(2,3)7(9(32)33)6(8(30)31)4-5-11(17,18)12(19,20)13(21,22)14(23,24)15(25,26)16(27,28)29/h4-5H2,1-3H3,(H,30,31)(H,32,33)/b7-6-. The van der Waals surface area contributed by atoms with Crippen LogP contribution in [0.25, 0.3) is 0 Å². The highest BCUT2D eigenvalue weighted by atomic mass is 19.4. The Hall–Kier alpha value is -2.23. The molecule has 0 aliphatic rings. The van der Waals surface area contributed by atoms with E-state index in [9.17, 15) is 66.7 Å². The van der Waals surface area contributed by atoms with E-state index in [2.05, 4.69) is 0 Å². The number of carbonyl (C=O) groups is 2. The van der Waals surface area contributed by atoms with Crippen LogP contribution < -0.4 is 0 Å². The Kier molecular flexibility index (Phi) is 7.95. The molecule has 0 radical (unpaired) electrons. The fourth-order valence-electron chi connectivity index (χ4n) is 2.48. The third-order valence-corrected chi connectivity index (χ3v) is 4.21. The number of carboxylic acid groups (broad SMARTS) is 2. The molecule has 0 aromatic carbocycles. The minimum Gasteiger partial charge on any atom is -0.478 e. The Morgan fingerprint density at radius 3 is 1.24 bits per heavy atom. The molecule has 0 aromatic rings. The summed E-state index contributed by atoms with van der Waals surface area (Å²) in [5.41, 5.74) is -4.42. The zero-order valence-electron chi connectivity index (χ0n) is 16.5. The Balaban J connectivity index is 6.50. The van der Waals surface area contributed by atoms with Crippen LogP contribution in [0, 0.1) is 5.41 Å². The Morgan fingerprint density at radius 2 is 0.970 bits per heavy atom. The first-order chi connectivity index (χ1) is 14.1. The normalized spacial score (nSPS) is 15.9. The van der Waals surface area contributed by atoms with E-state index in [1.165, 1.54) is 0 Å². The van der Waals surface area contributed by atoms with E-state index in [0.717, 1.165) is 20.8 Å². The van der Waals surface area contributed by atoms with Crippen molar-refractivity contribution in [3.8, 4) is 0 Å². The van der Waals surface area contributed by atoms with Gasteiger partial charge < -0.3 is 10.2 Å². The molecule has 0 bridgehead atoms. The first-order valence-corrected chi connectivity index (χ1v) is 8.27. The maximum Gasteiger partial charge on any atom is 0.460 e. The molecule has 0 heterocycles. The van der Waals surface area contributed by atoms with E-state index in [4.69, 9.17) is 10.2 Å². The molecule has 0 aliphatic carbocycles. The van der Waals surface area contributed by atoms with Crippen molar-refractivity contribution in [1.29, 1.82) is 0 Å². The summed E-state index contributed by atoms with van der Waals surface area (Å²) < 4.78 is 170. The second-order valence-electron chi connectivity index (χ2n) is 7.71. The van der Waals surface area contributed by atoms with Gasteiger partial charge >= 0.3 is 47.7 Å². The second kappa shape index (κ2) is 8.52. The monoisotopic (exact) mass is 518 g/mol. The number of hydrogen-bond donors (Lipinski definition) is 2. The van der Waals surface area contributed by atoms with Gasteiger partial charge in [0.25, 0.3) is 0 Å². The molecule has 0 saturated carbocycles. The minimum absolute atomic E-state index is 1.01. The smallest absolute Gasteiger partial charge is 0.460 e. The van der Waals surface area contributed by atoms with Crippen LogP contribution in [0.15, 0.2) is 11.1 Å². The number of alkyl halides is 13. The van der Waals surface area contributed by atoms with Crippen molar-refractivity contribution in [2.45, 2.75) is 69.4 Å². The number of halogens is 13. The highest BCUT2D eigenvalue weighted by Gasteiger charge is 2.90. The molecule has 0 amide bonds. The van der Waals surface area contributed by atoms with E-state index in [0.29, 0.717) is 0 Å². The fourth-order valence-corrected chi connectivity index (χ4v) is 2.48. The van der Waals surface area contributed by atoms with Gasteiger partial charge in [0.1, 0.15) is 0 Å². The minimum atomic E-state index is -8.08. The quantitative estimate of drug-likeness (QED) is 0.290. The summed E-state index contributed by atoms with van der Waals surface area (Å²) in [6.45, 7) is 3.04. The van der Waals surface area contributed by atoms with E-state index < -0.39 is 77.1 Å². The van der Waals surface area contributed by atoms with Gasteiger partial charge in [0, 0.05) is 12.0 Å². The van der Waals surface area contributed by atoms with Crippen molar-refractivity contribution >= 4 is 11.9 Å². The zero-order valence-corrected chi connectivity index (χ0v) is 16.5. The van der Waals surface area contributed by atoms with Gasteiger partial charge in [0.2, 0.25) is 0 Å². The molecule has 17 heteroatoms. The Morgan fingerprint density at radius 1 is 0.606 bits per heavy atom. The number of aliphatic carboxylic acids is 2. The van der Waals surface area contributed by atoms with Gasteiger partial charge in [-0.1, -0.05) is 20.8 Å². The topological polar surface area (TPSA) is 74.6 Å². The third kappa shape index (κ3) is 5.15. The van der Waals surface area contributed by atoms with Crippen molar-refractivity contribution in [3.63, 3.8) is 0 Å². The van der Waals surface area contributed by atoms with Crippen LogP contribution in [-0.2, 0) is 9.59 Å². The van der Waals surface area contributed by atoms with E-state index in [1.54, 1.807) is 0 Å². The van der Waals surface area contributed by atoms with Crippen molar-refractivity contribution in [2.75, 3.05) is 0 Å². The SMILES string of the molecule is CC(C)(C)/C(C(=O)O)=C(/CCC(F)(F)C(F)(F)C(F)(F)C(F)(F)C(F)(F)C(F)(F)F)C(=O)O. The van der Waals surface area contributed by atoms with Gasteiger partial charge in [-0.05, 0) is 11.8 Å². The summed E-state index contributed by atoms with van der Waals surface area (Å²) in [4.78, 5) is 22.5. The van der Waals surface area contributed by atoms with Gasteiger partial charge in [-0.2, -0.15) is 57.1 Å². The second-order valence-corrected chi connectivity index (χ2v) is 7.71. The van der Waals surface area contributed by atoms with E-state index in [-0.39, 0.29) is 0 Å². The molecule has 0 spiro atoms. The summed E-state index contributed by atoms with van der Waals surface area (Å²) >= 11 is 0. The fraction of sp³-hybridized carbons (Fsp3) is 0.750. The lowest BCUT2D eigenvalue weighted by Gasteiger charge is -2.39. The molecule has 0 saturated heterocycles. The summed E-state index contributed by atoms with van der Waals surface area (Å²) in [7, 11) is 0. The van der Waals surface area contributed by atoms with Crippen molar-refractivity contribution in [1.82, 2.24) is 0 Å². The molecule has 194 valence electrons. The molecule has 4 nitrogen and oxygen atoms in total. The lowest BCUT2D eigenvalue weighted by Crippen LogP contribution is -2.70. The van der Waals surface area contributed by atoms with Crippen LogP contribution in [-0.4, -0.2) is 57.9 Å². The van der Waals surface area contributed by atoms with Crippen LogP contribution in [0.4, 0.5) is 57.1 Å². The van der Waals surface area contributed by atoms with E-state index in [1.807, 2.05) is 0 Å². The van der Waals surface area contributed by atoms with Crippen molar-refractivity contribution < 1.29 is 76.9 Å². The molecule has 0 aliphatic heterocycles. The average Bonchev–Trinajstić information content (AvgIpc) is 2.54. The Labute approximate surface area is 176 Å². The molecular weight excluding hydrogens is 503 g/mol. The molecule has 33 heavy (non-hydrogen) atoms. The highest BCUT2D eigenvalue weighted by molar-refractivity contribution is 5.99. The summed E-state index contributed by atoms with van der Waals surface area (Å²) in [5.74, 6) is -42.4. The maximum atomic E-state index is 13.8. The molecule has 0 aromatic heterocycles. The molecule has 0 atom stereocenters. The molecular formula is C16H15F13O4. The third-order valence-electron chi connectivity index (χ3n) is 4.21. The van der Waals surface area contributed by atoms with Gasteiger partial charge in [-0.25, -0.2) is 9.59 Å². The summed E-state index contributed by atoms with van der Waals surface area (Å²) in [6.07, 6.45) is -12.4. The van der Waals surface area contributed by atoms with E-state index >= 15 is 0 Å². The lowest BCUT2D eigenvalue weighted by atomic mass is 9.81. The number of hydrogen-bond acceptors (Lipinski definition) is 2. The van der Waals surface area contributed by atoms with Gasteiger partial charge in [-0.3, -0.25) is 0 Å². The van der Waals surface area contributed by atoms with Gasteiger partial charge in [0.05, 0.1) is 5.57 Å². The Bertz CT molecular complexity index is 804. The van der Waals surface area contributed by atoms with Gasteiger partial charge in [-0.15, -0.1) is 0 Å². The first kappa shape index (κ1) is 30.8. The zero-order chi connectivity index (χ0) is 27.2. The van der Waals surface area contributed by atoms with Crippen LogP contribution in [0.1, 0.15) is 33.6 Å². The largest absolute Gasteiger partial charge is 0.478 e. The highest BCUT2D eigenvalue weighted by Crippen LogP contribution is 2.60. The summed E-state index contributed by atoms with van der Waals surface area (Å²) in [6, 6.07) is 0. The lowest BCUT2D eigenvalue weighted by molar-refractivity contribution is -0.440. The van der Waals surface area contributed by atoms with Gasteiger partial charge in [0.15, 0.2) is 0 Å². The maximum absolute atomic E-state index is 13.8.